The van der Waals surface area contributed by atoms with Gasteiger partial charge in [-0.2, -0.15) is 0 Å². The first kappa shape index (κ1) is 29.3. The quantitative estimate of drug-likeness (QED) is 0.327. The molecule has 2 aromatic carbocycles. The number of benzene rings is 2. The van der Waals surface area contributed by atoms with E-state index in [2.05, 4.69) is 10.6 Å². The predicted octanol–water partition coefficient (Wildman–Crippen LogP) is 1.32. The van der Waals surface area contributed by atoms with E-state index >= 15 is 0 Å². The molecule has 3 aliphatic carbocycles. The molecule has 11 nitrogen and oxygen atoms in total. The first-order valence-corrected chi connectivity index (χ1v) is 13.8. The van der Waals surface area contributed by atoms with E-state index in [0.717, 1.165) is 0 Å². The third-order valence-electron chi connectivity index (χ3n) is 8.54. The predicted molar refractivity (Wildman–Crippen MR) is 150 cm³/mol. The van der Waals surface area contributed by atoms with Crippen molar-refractivity contribution in [2.45, 2.75) is 51.2 Å². The lowest BCUT2D eigenvalue weighted by molar-refractivity contribution is -0.175. The lowest BCUT2D eigenvalue weighted by Crippen LogP contribution is -2.68. The summed E-state index contributed by atoms with van der Waals surface area (Å²) in [7, 11) is 0. The Morgan fingerprint density at radius 1 is 1.00 bits per heavy atom. The molecule has 5 atom stereocenters. The molecule has 2 fully saturated rings. The number of fused-ring (bicyclic) bond motifs is 3. The van der Waals surface area contributed by atoms with Crippen LogP contribution in [0.4, 0.5) is 5.69 Å². The number of nitrogens with two attached hydrogens (primary N) is 1. The normalized spacial score (nSPS) is 27.1. The van der Waals surface area contributed by atoms with Crippen molar-refractivity contribution in [2.24, 2.45) is 29.4 Å². The molecule has 3 aliphatic rings. The van der Waals surface area contributed by atoms with Crippen molar-refractivity contribution in [1.29, 1.82) is 0 Å². The van der Waals surface area contributed by atoms with Gasteiger partial charge in [-0.1, -0.05) is 18.2 Å². The van der Waals surface area contributed by atoms with Gasteiger partial charge >= 0.3 is 0 Å². The second-order valence-corrected chi connectivity index (χ2v) is 12.5. The highest BCUT2D eigenvalue weighted by molar-refractivity contribution is 6.31. The van der Waals surface area contributed by atoms with Crippen molar-refractivity contribution in [2.75, 3.05) is 11.9 Å². The Hall–Kier alpha value is -4.22. The highest BCUT2D eigenvalue weighted by Gasteiger charge is 2.66. The summed E-state index contributed by atoms with van der Waals surface area (Å²) in [6.45, 7) is 6.00. The molecule has 0 aliphatic heterocycles. The smallest absolute Gasteiger partial charge is 0.238 e. The Labute approximate surface area is 241 Å². The third-order valence-corrected chi connectivity index (χ3v) is 8.54. The maximum Gasteiger partial charge on any atom is 0.238 e. The average Bonchev–Trinajstić information content (AvgIpc) is 2.90. The van der Waals surface area contributed by atoms with Gasteiger partial charge < -0.3 is 26.6 Å². The lowest BCUT2D eigenvalue weighted by atomic mass is 9.53. The third kappa shape index (κ3) is 4.82. The molecule has 6 N–H and O–H groups in total. The van der Waals surface area contributed by atoms with E-state index in [0.29, 0.717) is 22.4 Å². The zero-order valence-electron chi connectivity index (χ0n) is 23.5. The van der Waals surface area contributed by atoms with Crippen LogP contribution in [0.15, 0.2) is 36.4 Å². The Balaban J connectivity index is 1.45. The lowest BCUT2D eigenvalue weighted by Gasteiger charge is -2.48. The summed E-state index contributed by atoms with van der Waals surface area (Å²) < 4.78 is 0. The average molecular weight is 576 g/mol. The van der Waals surface area contributed by atoms with Gasteiger partial charge in [0, 0.05) is 23.6 Å². The number of phenols is 1. The molecule has 0 spiro atoms. The number of amides is 2. The molecule has 0 aromatic heterocycles. The second-order valence-electron chi connectivity index (χ2n) is 12.5. The van der Waals surface area contributed by atoms with E-state index in [9.17, 15) is 39.0 Å². The molecule has 0 radical (unpaired) electrons. The maximum absolute atomic E-state index is 13.8. The molecule has 5 rings (SSSR count). The maximum atomic E-state index is 13.8. The Kier molecular flexibility index (Phi) is 7.14. The topological polar surface area (TPSA) is 193 Å². The fourth-order valence-electron chi connectivity index (χ4n) is 6.52. The highest BCUT2D eigenvalue weighted by atomic mass is 16.3. The number of aromatic hydroxyl groups is 1. The van der Waals surface area contributed by atoms with Gasteiger partial charge in [-0.05, 0) is 74.4 Å². The number of nitrogens with one attached hydrogen (secondary N) is 2. The van der Waals surface area contributed by atoms with Crippen molar-refractivity contribution in [3.63, 3.8) is 0 Å². The van der Waals surface area contributed by atoms with Gasteiger partial charge in [0.05, 0.1) is 18.0 Å². The summed E-state index contributed by atoms with van der Waals surface area (Å²) in [5, 5.41) is 28.0. The minimum atomic E-state index is -2.68. The molecule has 0 heterocycles. The number of carbonyl (C=O) groups is 6. The summed E-state index contributed by atoms with van der Waals surface area (Å²) in [4.78, 5) is 77.1. The van der Waals surface area contributed by atoms with Gasteiger partial charge in [-0.25, -0.2) is 0 Å². The largest absolute Gasteiger partial charge is 0.507 e. The molecular formula is C31H33N3O8. The summed E-state index contributed by atoms with van der Waals surface area (Å²) in [6.07, 6.45) is -0.201. The number of rotatable bonds is 5. The van der Waals surface area contributed by atoms with Crippen molar-refractivity contribution in [1.82, 2.24) is 5.32 Å². The monoisotopic (exact) mass is 575 g/mol. The highest BCUT2D eigenvalue weighted by Crippen LogP contribution is 2.51. The van der Waals surface area contributed by atoms with Gasteiger partial charge in [0.15, 0.2) is 34.7 Å². The SMILES string of the molecule is CC(C)(C)NCC(=O)Nc1ccc(-c2ccc(O)c3c2C[C@H]2C[C@H]4CC(=O)C(C(N)=O)C(=O)[C@@]4(O)C(=O)C2C3=O)cc1. The van der Waals surface area contributed by atoms with Crippen molar-refractivity contribution < 1.29 is 39.0 Å². The number of anilines is 1. The van der Waals surface area contributed by atoms with E-state index in [-0.39, 0.29) is 42.1 Å². The van der Waals surface area contributed by atoms with Crippen LogP contribution in [0, 0.1) is 23.7 Å². The standard InChI is InChI=1S/C31H33N3O8/c1-30(2,3)33-13-22(37)34-17-6-4-14(5-7-17)18-8-9-20(35)24-19(18)11-15-10-16-12-21(36)25(29(32)41)28(40)31(16,42)27(39)23(15)26(24)38/h4-9,15-16,23,25,33,35,42H,10-13H2,1-3H3,(H2,32,41)(H,34,37)/t15-,16+,23?,25?,31+/m1/s1. The Bertz CT molecular complexity index is 1540. The summed E-state index contributed by atoms with van der Waals surface area (Å²) >= 11 is 0. The number of carbonyl (C=O) groups excluding carboxylic acids is 6. The van der Waals surface area contributed by atoms with Crippen molar-refractivity contribution >= 4 is 40.6 Å². The van der Waals surface area contributed by atoms with Crippen LogP contribution in [0.5, 0.6) is 5.75 Å². The van der Waals surface area contributed by atoms with E-state index in [1.54, 1.807) is 30.3 Å². The molecule has 42 heavy (non-hydrogen) atoms. The fourth-order valence-corrected chi connectivity index (χ4v) is 6.52. The van der Waals surface area contributed by atoms with Gasteiger partial charge in [0.25, 0.3) is 0 Å². The van der Waals surface area contributed by atoms with E-state index in [1.807, 2.05) is 20.8 Å². The summed E-state index contributed by atoms with van der Waals surface area (Å²) in [5.74, 6) is -10.7. The van der Waals surface area contributed by atoms with E-state index in [1.165, 1.54) is 6.07 Å². The van der Waals surface area contributed by atoms with Crippen LogP contribution in [0.25, 0.3) is 11.1 Å². The van der Waals surface area contributed by atoms with Crippen LogP contribution in [-0.4, -0.2) is 62.8 Å². The molecule has 2 saturated carbocycles. The second kappa shape index (κ2) is 10.2. The molecule has 2 aromatic rings. The van der Waals surface area contributed by atoms with Crippen LogP contribution >= 0.6 is 0 Å². The fraction of sp³-hybridized carbons (Fsp3) is 0.419. The van der Waals surface area contributed by atoms with Crippen LogP contribution in [0.2, 0.25) is 0 Å². The van der Waals surface area contributed by atoms with Crippen LogP contribution in [-0.2, 0) is 30.4 Å². The zero-order chi connectivity index (χ0) is 30.7. The van der Waals surface area contributed by atoms with Crippen molar-refractivity contribution in [3.8, 4) is 16.9 Å². The first-order valence-electron chi connectivity index (χ1n) is 13.8. The number of primary amides is 1. The van der Waals surface area contributed by atoms with Crippen molar-refractivity contribution in [3.05, 3.63) is 47.5 Å². The minimum Gasteiger partial charge on any atom is -0.507 e. The summed E-state index contributed by atoms with van der Waals surface area (Å²) in [6, 6.07) is 9.98. The summed E-state index contributed by atoms with van der Waals surface area (Å²) in [5.41, 5.74) is 4.68. The molecule has 0 bridgehead atoms. The molecule has 2 unspecified atom stereocenters. The molecule has 11 heteroatoms. The molecule has 220 valence electrons. The van der Waals surface area contributed by atoms with E-state index in [4.69, 9.17) is 5.73 Å². The van der Waals surface area contributed by atoms with Crippen LogP contribution < -0.4 is 16.4 Å². The molecule has 2 amide bonds. The van der Waals surface area contributed by atoms with E-state index < -0.39 is 64.7 Å². The van der Waals surface area contributed by atoms with Gasteiger partial charge in [-0.15, -0.1) is 0 Å². The van der Waals surface area contributed by atoms with Gasteiger partial charge in [-0.3, -0.25) is 28.8 Å². The number of hydrogen-bond donors (Lipinski definition) is 5. The van der Waals surface area contributed by atoms with Crippen LogP contribution in [0.1, 0.15) is 49.5 Å². The number of hydrogen-bond acceptors (Lipinski definition) is 9. The first-order chi connectivity index (χ1) is 19.6. The number of ketones is 4. The molecule has 0 saturated heterocycles. The van der Waals surface area contributed by atoms with Gasteiger partial charge in [0.1, 0.15) is 5.75 Å². The number of aliphatic hydroxyl groups is 1. The minimum absolute atomic E-state index is 0.0176. The van der Waals surface area contributed by atoms with Gasteiger partial charge in [0.2, 0.25) is 11.8 Å². The zero-order valence-corrected chi connectivity index (χ0v) is 23.5. The number of phenolic OH excluding ortho intramolecular Hbond substituents is 1. The number of Topliss-reactive ketones (excluding diaryl/α,β-unsaturated/α-hetero) is 4. The Morgan fingerprint density at radius 2 is 1.67 bits per heavy atom. The Morgan fingerprint density at radius 3 is 2.29 bits per heavy atom. The van der Waals surface area contributed by atoms with Crippen LogP contribution in [0.3, 0.4) is 0 Å². The molecular weight excluding hydrogens is 542 g/mol.